The van der Waals surface area contributed by atoms with Crippen molar-refractivity contribution in [2.75, 3.05) is 6.61 Å². The van der Waals surface area contributed by atoms with Crippen LogP contribution in [0.5, 0.6) is 5.75 Å². The van der Waals surface area contributed by atoms with Crippen LogP contribution in [0.25, 0.3) is 0 Å². The fraction of sp³-hybridized carbons (Fsp3) is 0.625. The summed E-state index contributed by atoms with van der Waals surface area (Å²) in [5.74, 6) is 0.243. The highest BCUT2D eigenvalue weighted by Gasteiger charge is 2.52. The summed E-state index contributed by atoms with van der Waals surface area (Å²) in [6, 6.07) is 2.82. The van der Waals surface area contributed by atoms with Crippen LogP contribution in [0.1, 0.15) is 47.5 Å². The Morgan fingerprint density at radius 2 is 1.77 bits per heavy atom. The van der Waals surface area contributed by atoms with Crippen LogP contribution >= 0.6 is 15.9 Å². The van der Waals surface area contributed by atoms with Gasteiger partial charge in [0.15, 0.2) is 0 Å². The lowest BCUT2D eigenvalue weighted by Crippen LogP contribution is -2.41. The first kappa shape index (κ1) is 17.8. The molecule has 0 amide bonds. The van der Waals surface area contributed by atoms with Crippen LogP contribution in [0.4, 0.5) is 4.39 Å². The van der Waals surface area contributed by atoms with Crippen molar-refractivity contribution in [3.05, 3.63) is 22.4 Å². The Bertz CT molecular complexity index is 532. The Morgan fingerprint density at radius 3 is 2.32 bits per heavy atom. The number of hydrogen-bond donors (Lipinski definition) is 0. The largest absolute Gasteiger partial charge is 0.498 e. The highest BCUT2D eigenvalue weighted by atomic mass is 79.9. The molecule has 0 spiro atoms. The van der Waals surface area contributed by atoms with Crippen molar-refractivity contribution >= 4 is 28.5 Å². The lowest BCUT2D eigenvalue weighted by atomic mass is 9.78. The van der Waals surface area contributed by atoms with Crippen molar-refractivity contribution < 1.29 is 18.4 Å². The molecule has 1 aliphatic heterocycles. The molecule has 0 atom stereocenters. The van der Waals surface area contributed by atoms with Crippen molar-refractivity contribution in [1.29, 1.82) is 0 Å². The summed E-state index contributed by atoms with van der Waals surface area (Å²) in [5, 5.41) is 0. The maximum Gasteiger partial charge on any atom is 0.498 e. The van der Waals surface area contributed by atoms with Gasteiger partial charge in [-0.15, -0.1) is 0 Å². The third kappa shape index (κ3) is 3.49. The Balaban J connectivity index is 2.34. The minimum absolute atomic E-state index is 0.348. The summed E-state index contributed by atoms with van der Waals surface area (Å²) in [6.07, 6.45) is 1.97. The standard InChI is InChI=1S/C16H23BBrFO3/c1-6-7-8-20-14-12(9-11(19)10-13(14)18)17-21-15(2,3)16(4,5)22-17/h9-10H,6-8H2,1-5H3. The van der Waals surface area contributed by atoms with Crippen molar-refractivity contribution in [2.45, 2.75) is 58.7 Å². The maximum absolute atomic E-state index is 13.8. The molecule has 0 saturated carbocycles. The van der Waals surface area contributed by atoms with E-state index in [1.165, 1.54) is 12.1 Å². The van der Waals surface area contributed by atoms with Gasteiger partial charge in [0.05, 0.1) is 22.3 Å². The van der Waals surface area contributed by atoms with Gasteiger partial charge in [0, 0.05) is 5.46 Å². The fourth-order valence-corrected chi connectivity index (χ4v) is 2.76. The monoisotopic (exact) mass is 372 g/mol. The molecule has 6 heteroatoms. The smallest absolute Gasteiger partial charge is 0.493 e. The number of unbranched alkanes of at least 4 members (excludes halogenated alkanes) is 1. The van der Waals surface area contributed by atoms with Crippen LogP contribution in [-0.4, -0.2) is 24.9 Å². The lowest BCUT2D eigenvalue weighted by Gasteiger charge is -2.32. The van der Waals surface area contributed by atoms with Crippen molar-refractivity contribution in [2.24, 2.45) is 0 Å². The first-order chi connectivity index (χ1) is 10.2. The molecule has 22 heavy (non-hydrogen) atoms. The topological polar surface area (TPSA) is 27.7 Å². The Morgan fingerprint density at radius 1 is 1.18 bits per heavy atom. The lowest BCUT2D eigenvalue weighted by molar-refractivity contribution is 0.00578. The van der Waals surface area contributed by atoms with E-state index in [2.05, 4.69) is 22.9 Å². The van der Waals surface area contributed by atoms with Crippen LogP contribution in [0.3, 0.4) is 0 Å². The summed E-state index contributed by atoms with van der Waals surface area (Å²) >= 11 is 3.38. The van der Waals surface area contributed by atoms with E-state index >= 15 is 0 Å². The second kappa shape index (κ2) is 6.50. The average Bonchev–Trinajstić information content (AvgIpc) is 2.60. The van der Waals surface area contributed by atoms with Gasteiger partial charge < -0.3 is 14.0 Å². The summed E-state index contributed by atoms with van der Waals surface area (Å²) in [5.41, 5.74) is -0.365. The molecule has 1 saturated heterocycles. The Hall–Kier alpha value is -0.585. The molecule has 1 aromatic rings. The zero-order valence-corrected chi connectivity index (χ0v) is 15.4. The molecular formula is C16H23BBrFO3. The summed E-state index contributed by atoms with van der Waals surface area (Å²) < 4.78 is 32.3. The van der Waals surface area contributed by atoms with E-state index in [0.29, 0.717) is 22.3 Å². The molecule has 122 valence electrons. The van der Waals surface area contributed by atoms with Crippen LogP contribution in [-0.2, 0) is 9.31 Å². The Labute approximate surface area is 140 Å². The molecule has 1 heterocycles. The first-order valence-electron chi connectivity index (χ1n) is 7.65. The van der Waals surface area contributed by atoms with Crippen LogP contribution in [0, 0.1) is 5.82 Å². The first-order valence-corrected chi connectivity index (χ1v) is 8.44. The average molecular weight is 373 g/mol. The molecule has 0 bridgehead atoms. The van der Waals surface area contributed by atoms with Crippen molar-refractivity contribution in [1.82, 2.24) is 0 Å². The van der Waals surface area contributed by atoms with E-state index in [-0.39, 0.29) is 5.82 Å². The second-order valence-electron chi connectivity index (χ2n) is 6.60. The van der Waals surface area contributed by atoms with Gasteiger partial charge in [-0.2, -0.15) is 0 Å². The molecule has 0 unspecified atom stereocenters. The summed E-state index contributed by atoms with van der Waals surface area (Å²) in [6.45, 7) is 10.6. The van der Waals surface area contributed by atoms with Crippen LogP contribution in [0.2, 0.25) is 0 Å². The number of halogens is 2. The molecule has 0 N–H and O–H groups in total. The fourth-order valence-electron chi connectivity index (χ4n) is 2.20. The van der Waals surface area contributed by atoms with Crippen LogP contribution < -0.4 is 10.2 Å². The maximum atomic E-state index is 13.8. The van der Waals surface area contributed by atoms with Gasteiger partial charge >= 0.3 is 7.12 Å². The molecule has 2 rings (SSSR count). The van der Waals surface area contributed by atoms with Gasteiger partial charge in [-0.25, -0.2) is 4.39 Å². The van der Waals surface area contributed by atoms with E-state index in [9.17, 15) is 4.39 Å². The number of benzene rings is 1. The number of rotatable bonds is 5. The zero-order chi connectivity index (χ0) is 16.5. The zero-order valence-electron chi connectivity index (χ0n) is 13.8. The normalized spacial score (nSPS) is 19.5. The number of ether oxygens (including phenoxy) is 1. The molecule has 0 radical (unpaired) electrons. The summed E-state index contributed by atoms with van der Waals surface area (Å²) in [7, 11) is -0.645. The van der Waals surface area contributed by atoms with Gasteiger partial charge in [0.1, 0.15) is 11.6 Å². The van der Waals surface area contributed by atoms with Crippen molar-refractivity contribution in [3.63, 3.8) is 0 Å². The third-order valence-corrected chi connectivity index (χ3v) is 4.88. The Kier molecular flexibility index (Phi) is 5.25. The van der Waals surface area contributed by atoms with E-state index < -0.39 is 18.3 Å². The predicted molar refractivity (Wildman–Crippen MR) is 90.2 cm³/mol. The van der Waals surface area contributed by atoms with Crippen LogP contribution in [0.15, 0.2) is 16.6 Å². The molecule has 0 aliphatic carbocycles. The van der Waals surface area contributed by atoms with E-state index in [1.54, 1.807) is 0 Å². The van der Waals surface area contributed by atoms with Gasteiger partial charge in [-0.1, -0.05) is 13.3 Å². The number of hydrogen-bond acceptors (Lipinski definition) is 3. The van der Waals surface area contributed by atoms with E-state index in [0.717, 1.165) is 12.8 Å². The molecule has 3 nitrogen and oxygen atoms in total. The highest BCUT2D eigenvalue weighted by Crippen LogP contribution is 2.38. The molecule has 1 aromatic carbocycles. The third-order valence-electron chi connectivity index (χ3n) is 4.29. The highest BCUT2D eigenvalue weighted by molar-refractivity contribution is 9.10. The van der Waals surface area contributed by atoms with Crippen molar-refractivity contribution in [3.8, 4) is 5.75 Å². The minimum atomic E-state index is -0.645. The molecule has 0 aromatic heterocycles. The van der Waals surface area contributed by atoms with Gasteiger partial charge in [0.2, 0.25) is 0 Å². The quantitative estimate of drug-likeness (QED) is 0.576. The molecule has 1 fully saturated rings. The minimum Gasteiger partial charge on any atom is -0.493 e. The van der Waals surface area contributed by atoms with E-state index in [4.69, 9.17) is 14.0 Å². The predicted octanol–water partition coefficient (Wildman–Crippen LogP) is 4.07. The van der Waals surface area contributed by atoms with Gasteiger partial charge in [0.25, 0.3) is 0 Å². The van der Waals surface area contributed by atoms with E-state index in [1.807, 2.05) is 27.7 Å². The van der Waals surface area contributed by atoms with Gasteiger partial charge in [-0.05, 0) is 62.2 Å². The molecular weight excluding hydrogens is 350 g/mol. The summed E-state index contributed by atoms with van der Waals surface area (Å²) in [4.78, 5) is 0. The second-order valence-corrected chi connectivity index (χ2v) is 7.45. The SMILES string of the molecule is CCCCOc1c(Br)cc(F)cc1B1OC(C)(C)C(C)(C)O1. The van der Waals surface area contributed by atoms with Gasteiger partial charge in [-0.3, -0.25) is 0 Å². The molecule has 1 aliphatic rings.